The number of halogens is 1. The molecule has 0 saturated carbocycles. The molecule has 0 atom stereocenters. The molecule has 0 spiro atoms. The zero-order valence-corrected chi connectivity index (χ0v) is 11.8. The SMILES string of the molecule is CC(C)(C)C(=O)C(C)(C)Oc1ccc(Cl)cc1. The number of rotatable bonds is 3. The Morgan fingerprint density at radius 3 is 1.94 bits per heavy atom. The van der Waals surface area contributed by atoms with Crippen molar-refractivity contribution in [3.63, 3.8) is 0 Å². The summed E-state index contributed by atoms with van der Waals surface area (Å²) in [6.45, 7) is 9.25. The van der Waals surface area contributed by atoms with Crippen molar-refractivity contribution in [1.82, 2.24) is 0 Å². The van der Waals surface area contributed by atoms with Crippen LogP contribution in [0, 0.1) is 5.41 Å². The second-order valence-corrected chi connectivity index (χ2v) is 6.08. The maximum absolute atomic E-state index is 12.2. The minimum atomic E-state index is -0.841. The van der Waals surface area contributed by atoms with E-state index in [-0.39, 0.29) is 5.78 Å². The van der Waals surface area contributed by atoms with Crippen molar-refractivity contribution in [2.75, 3.05) is 0 Å². The Bertz CT molecular complexity index is 399. The number of ketones is 1. The summed E-state index contributed by atoms with van der Waals surface area (Å²) in [7, 11) is 0. The molecule has 0 saturated heterocycles. The van der Waals surface area contributed by atoms with Gasteiger partial charge in [-0.05, 0) is 38.1 Å². The molecule has 94 valence electrons. The molecule has 1 aromatic rings. The number of ether oxygens (including phenoxy) is 1. The topological polar surface area (TPSA) is 26.3 Å². The van der Waals surface area contributed by atoms with Crippen molar-refractivity contribution >= 4 is 17.4 Å². The van der Waals surface area contributed by atoms with E-state index < -0.39 is 11.0 Å². The van der Waals surface area contributed by atoms with Gasteiger partial charge in [-0.3, -0.25) is 4.79 Å². The molecule has 0 aromatic heterocycles. The largest absolute Gasteiger partial charge is 0.480 e. The van der Waals surface area contributed by atoms with Crippen LogP contribution in [-0.2, 0) is 4.79 Å². The standard InChI is InChI=1S/C14H19ClO2/c1-13(2,3)12(16)14(4,5)17-11-8-6-10(15)7-9-11/h6-9H,1-5H3. The van der Waals surface area contributed by atoms with Crippen LogP contribution >= 0.6 is 11.6 Å². The van der Waals surface area contributed by atoms with E-state index in [2.05, 4.69) is 0 Å². The van der Waals surface area contributed by atoms with Gasteiger partial charge in [0, 0.05) is 10.4 Å². The van der Waals surface area contributed by atoms with E-state index in [0.717, 1.165) is 0 Å². The highest BCUT2D eigenvalue weighted by Gasteiger charge is 2.37. The molecule has 17 heavy (non-hydrogen) atoms. The maximum Gasteiger partial charge on any atom is 0.181 e. The molecule has 0 heterocycles. The third-order valence-corrected chi connectivity index (χ3v) is 2.67. The van der Waals surface area contributed by atoms with E-state index in [9.17, 15) is 4.79 Å². The average molecular weight is 255 g/mol. The minimum absolute atomic E-state index is 0.0694. The number of Topliss-reactive ketones (excluding diaryl/α,β-unsaturated/α-hetero) is 1. The number of hydrogen-bond acceptors (Lipinski definition) is 2. The van der Waals surface area contributed by atoms with Gasteiger partial charge >= 0.3 is 0 Å². The molecule has 0 aliphatic heterocycles. The van der Waals surface area contributed by atoms with Crippen LogP contribution in [0.3, 0.4) is 0 Å². The molecular weight excluding hydrogens is 236 g/mol. The van der Waals surface area contributed by atoms with Crippen molar-refractivity contribution in [2.24, 2.45) is 5.41 Å². The fraction of sp³-hybridized carbons (Fsp3) is 0.500. The smallest absolute Gasteiger partial charge is 0.181 e. The summed E-state index contributed by atoms with van der Waals surface area (Å²) in [6.07, 6.45) is 0. The fourth-order valence-corrected chi connectivity index (χ4v) is 1.87. The lowest BCUT2D eigenvalue weighted by Gasteiger charge is -2.31. The molecule has 3 heteroatoms. The zero-order chi connectivity index (χ0) is 13.3. The lowest BCUT2D eigenvalue weighted by atomic mass is 9.82. The lowest BCUT2D eigenvalue weighted by Crippen LogP contribution is -2.45. The highest BCUT2D eigenvalue weighted by molar-refractivity contribution is 6.30. The van der Waals surface area contributed by atoms with Gasteiger partial charge in [-0.2, -0.15) is 0 Å². The summed E-state index contributed by atoms with van der Waals surface area (Å²) >= 11 is 5.80. The lowest BCUT2D eigenvalue weighted by molar-refractivity contribution is -0.139. The van der Waals surface area contributed by atoms with Crippen molar-refractivity contribution in [1.29, 1.82) is 0 Å². The first-order valence-electron chi connectivity index (χ1n) is 5.62. The third kappa shape index (κ3) is 3.74. The summed E-state index contributed by atoms with van der Waals surface area (Å²) in [5, 5.41) is 0.650. The van der Waals surface area contributed by atoms with Gasteiger partial charge in [-0.15, -0.1) is 0 Å². The van der Waals surface area contributed by atoms with E-state index in [1.807, 2.05) is 20.8 Å². The zero-order valence-electron chi connectivity index (χ0n) is 11.0. The number of benzene rings is 1. The van der Waals surface area contributed by atoms with Crippen LogP contribution in [0.5, 0.6) is 5.75 Å². The molecule has 0 N–H and O–H groups in total. The van der Waals surface area contributed by atoms with E-state index in [1.54, 1.807) is 38.1 Å². The Hall–Kier alpha value is -1.02. The Morgan fingerprint density at radius 2 is 1.53 bits per heavy atom. The predicted octanol–water partition coefficient (Wildman–Crippen LogP) is 4.11. The summed E-state index contributed by atoms with van der Waals surface area (Å²) in [6, 6.07) is 7.02. The first-order valence-corrected chi connectivity index (χ1v) is 6.00. The average Bonchev–Trinajstić information content (AvgIpc) is 2.19. The predicted molar refractivity (Wildman–Crippen MR) is 70.6 cm³/mol. The highest BCUT2D eigenvalue weighted by atomic mass is 35.5. The molecule has 0 amide bonds. The van der Waals surface area contributed by atoms with Crippen molar-refractivity contribution in [3.05, 3.63) is 29.3 Å². The molecule has 0 radical (unpaired) electrons. The molecule has 0 aliphatic rings. The van der Waals surface area contributed by atoms with Gasteiger partial charge in [0.2, 0.25) is 0 Å². The third-order valence-electron chi connectivity index (χ3n) is 2.41. The van der Waals surface area contributed by atoms with Crippen LogP contribution < -0.4 is 4.74 Å². The van der Waals surface area contributed by atoms with E-state index in [1.165, 1.54) is 0 Å². The van der Waals surface area contributed by atoms with Gasteiger partial charge in [-0.25, -0.2) is 0 Å². The van der Waals surface area contributed by atoms with Crippen LogP contribution in [0.25, 0.3) is 0 Å². The Kier molecular flexibility index (Phi) is 3.88. The van der Waals surface area contributed by atoms with Gasteiger partial charge in [0.15, 0.2) is 11.4 Å². The number of hydrogen-bond donors (Lipinski definition) is 0. The van der Waals surface area contributed by atoms with Gasteiger partial charge in [-0.1, -0.05) is 32.4 Å². The van der Waals surface area contributed by atoms with E-state index in [0.29, 0.717) is 10.8 Å². The second-order valence-electron chi connectivity index (χ2n) is 5.65. The minimum Gasteiger partial charge on any atom is -0.480 e. The van der Waals surface area contributed by atoms with Crippen LogP contribution in [-0.4, -0.2) is 11.4 Å². The highest BCUT2D eigenvalue weighted by Crippen LogP contribution is 2.28. The fourth-order valence-electron chi connectivity index (χ4n) is 1.75. The van der Waals surface area contributed by atoms with Crippen molar-refractivity contribution in [3.8, 4) is 5.75 Å². The molecule has 2 nitrogen and oxygen atoms in total. The first-order chi connectivity index (χ1) is 7.63. The molecule has 1 rings (SSSR count). The Labute approximate surface area is 108 Å². The van der Waals surface area contributed by atoms with Crippen LogP contribution in [0.2, 0.25) is 5.02 Å². The molecule has 0 bridgehead atoms. The summed E-state index contributed by atoms with van der Waals surface area (Å²) in [5.41, 5.74) is -1.26. The summed E-state index contributed by atoms with van der Waals surface area (Å²) in [4.78, 5) is 12.2. The van der Waals surface area contributed by atoms with Crippen LogP contribution in [0.4, 0.5) is 0 Å². The number of carbonyl (C=O) groups excluding carboxylic acids is 1. The van der Waals surface area contributed by atoms with Gasteiger partial charge < -0.3 is 4.74 Å². The maximum atomic E-state index is 12.2. The molecule has 1 aromatic carbocycles. The van der Waals surface area contributed by atoms with Gasteiger partial charge in [0.1, 0.15) is 5.75 Å². The monoisotopic (exact) mass is 254 g/mol. The van der Waals surface area contributed by atoms with E-state index in [4.69, 9.17) is 16.3 Å². The van der Waals surface area contributed by atoms with Crippen LogP contribution in [0.1, 0.15) is 34.6 Å². The normalized spacial score (nSPS) is 12.4. The van der Waals surface area contributed by atoms with Crippen molar-refractivity contribution < 1.29 is 9.53 Å². The van der Waals surface area contributed by atoms with Gasteiger partial charge in [0.05, 0.1) is 0 Å². The molecule has 0 unspecified atom stereocenters. The Balaban J connectivity index is 2.86. The molecular formula is C14H19ClO2. The summed E-state index contributed by atoms with van der Waals surface area (Å²) in [5.74, 6) is 0.719. The first kappa shape index (κ1) is 14.0. The number of carbonyl (C=O) groups is 1. The molecule has 0 aliphatic carbocycles. The van der Waals surface area contributed by atoms with E-state index >= 15 is 0 Å². The second kappa shape index (κ2) is 4.69. The molecule has 0 fully saturated rings. The van der Waals surface area contributed by atoms with Gasteiger partial charge in [0.25, 0.3) is 0 Å². The summed E-state index contributed by atoms with van der Waals surface area (Å²) < 4.78 is 5.74. The quantitative estimate of drug-likeness (QED) is 0.811. The Morgan fingerprint density at radius 1 is 1.06 bits per heavy atom. The van der Waals surface area contributed by atoms with Crippen molar-refractivity contribution in [2.45, 2.75) is 40.2 Å². The van der Waals surface area contributed by atoms with Crippen LogP contribution in [0.15, 0.2) is 24.3 Å².